The van der Waals surface area contributed by atoms with Crippen LogP contribution in [0.1, 0.15) is 32.6 Å². The predicted molar refractivity (Wildman–Crippen MR) is 45.4 cm³/mol. The molecule has 0 aliphatic carbocycles. The van der Waals surface area contributed by atoms with Crippen LogP contribution in [0.5, 0.6) is 0 Å². The topological polar surface area (TPSA) is 9.23 Å². The van der Waals surface area contributed by atoms with Crippen LogP contribution in [0.4, 0.5) is 0 Å². The minimum atomic E-state index is 0.520. The average molecular weight is 152 g/mol. The van der Waals surface area contributed by atoms with E-state index in [0.717, 1.165) is 0 Å². The Kier molecular flexibility index (Phi) is 1.76. The Morgan fingerprint density at radius 2 is 2.27 bits per heavy atom. The van der Waals surface area contributed by atoms with Gasteiger partial charge in [-0.05, 0) is 32.6 Å². The fourth-order valence-electron chi connectivity index (χ4n) is 2.35. The average Bonchev–Trinajstić information content (AvgIpc) is 2.27. The first-order valence-corrected chi connectivity index (χ1v) is 4.58. The van der Waals surface area contributed by atoms with Crippen molar-refractivity contribution >= 4 is 0 Å². The molecule has 2 bridgehead atoms. The van der Waals surface area contributed by atoms with Crippen LogP contribution in [0.15, 0.2) is 12.2 Å². The number of hydrogen-bond acceptors (Lipinski definition) is 1. The second-order valence-corrected chi connectivity index (χ2v) is 3.92. The third kappa shape index (κ3) is 1.22. The summed E-state index contributed by atoms with van der Waals surface area (Å²) in [5.74, 6) is 0.669. The van der Waals surface area contributed by atoms with E-state index >= 15 is 0 Å². The zero-order chi connectivity index (χ0) is 7.84. The lowest BCUT2D eigenvalue weighted by Gasteiger charge is -2.21. The van der Waals surface area contributed by atoms with Crippen molar-refractivity contribution in [1.82, 2.24) is 0 Å². The van der Waals surface area contributed by atoms with Gasteiger partial charge in [0, 0.05) is 5.92 Å². The molecule has 62 valence electrons. The number of fused-ring (bicyclic) bond motifs is 2. The smallest absolute Gasteiger partial charge is 0.0644 e. The van der Waals surface area contributed by atoms with Crippen molar-refractivity contribution in [1.29, 1.82) is 0 Å². The fourth-order valence-corrected chi connectivity index (χ4v) is 2.35. The SMILES string of the molecule is C=C(C)C1CC2CCCC1O2. The van der Waals surface area contributed by atoms with Crippen molar-refractivity contribution in [3.63, 3.8) is 0 Å². The van der Waals surface area contributed by atoms with Gasteiger partial charge < -0.3 is 4.74 Å². The van der Waals surface area contributed by atoms with E-state index in [1.54, 1.807) is 0 Å². The summed E-state index contributed by atoms with van der Waals surface area (Å²) in [4.78, 5) is 0. The Labute approximate surface area is 68.4 Å². The van der Waals surface area contributed by atoms with Gasteiger partial charge in [-0.15, -0.1) is 0 Å². The zero-order valence-electron chi connectivity index (χ0n) is 7.18. The Morgan fingerprint density at radius 1 is 1.45 bits per heavy atom. The molecule has 0 N–H and O–H groups in total. The van der Waals surface area contributed by atoms with E-state index in [1.165, 1.54) is 31.3 Å². The molecule has 0 amide bonds. The molecule has 0 radical (unpaired) electrons. The Hall–Kier alpha value is -0.300. The minimum Gasteiger partial charge on any atom is -0.374 e. The summed E-state index contributed by atoms with van der Waals surface area (Å²) in [7, 11) is 0. The molecule has 0 aromatic heterocycles. The molecule has 2 saturated heterocycles. The van der Waals surface area contributed by atoms with Crippen LogP contribution in [-0.4, -0.2) is 12.2 Å². The maximum absolute atomic E-state index is 5.81. The maximum Gasteiger partial charge on any atom is 0.0644 e. The summed E-state index contributed by atoms with van der Waals surface area (Å²) in [5, 5.41) is 0. The van der Waals surface area contributed by atoms with Crippen LogP contribution >= 0.6 is 0 Å². The van der Waals surface area contributed by atoms with Crippen LogP contribution in [0.3, 0.4) is 0 Å². The Balaban J connectivity index is 2.08. The molecular formula is C10H16O. The highest BCUT2D eigenvalue weighted by molar-refractivity contribution is 5.05. The van der Waals surface area contributed by atoms with Crippen LogP contribution in [0.2, 0.25) is 0 Å². The minimum absolute atomic E-state index is 0.520. The highest BCUT2D eigenvalue weighted by Crippen LogP contribution is 2.39. The maximum atomic E-state index is 5.81. The summed E-state index contributed by atoms with van der Waals surface area (Å²) in [5.41, 5.74) is 1.32. The van der Waals surface area contributed by atoms with E-state index in [-0.39, 0.29) is 0 Å². The van der Waals surface area contributed by atoms with Crippen molar-refractivity contribution < 1.29 is 4.74 Å². The van der Waals surface area contributed by atoms with Crippen molar-refractivity contribution in [3.8, 4) is 0 Å². The van der Waals surface area contributed by atoms with Gasteiger partial charge in [0.25, 0.3) is 0 Å². The van der Waals surface area contributed by atoms with Crippen LogP contribution in [0, 0.1) is 5.92 Å². The van der Waals surface area contributed by atoms with Gasteiger partial charge in [-0.3, -0.25) is 0 Å². The molecule has 2 rings (SSSR count). The van der Waals surface area contributed by atoms with Gasteiger partial charge in [-0.1, -0.05) is 12.2 Å². The molecule has 0 saturated carbocycles. The monoisotopic (exact) mass is 152 g/mol. The molecule has 0 aromatic rings. The number of ether oxygens (including phenoxy) is 1. The molecule has 2 fully saturated rings. The lowest BCUT2D eigenvalue weighted by molar-refractivity contribution is -0.00102. The van der Waals surface area contributed by atoms with Crippen molar-refractivity contribution in [2.75, 3.05) is 0 Å². The van der Waals surface area contributed by atoms with Crippen LogP contribution in [0.25, 0.3) is 0 Å². The molecule has 2 aliphatic rings. The number of rotatable bonds is 1. The van der Waals surface area contributed by atoms with E-state index in [4.69, 9.17) is 4.74 Å². The fraction of sp³-hybridized carbons (Fsp3) is 0.800. The summed E-state index contributed by atoms with van der Waals surface area (Å²) in [6.07, 6.45) is 6.22. The van der Waals surface area contributed by atoms with Gasteiger partial charge in [0.1, 0.15) is 0 Å². The molecule has 3 atom stereocenters. The van der Waals surface area contributed by atoms with Crippen molar-refractivity contribution in [2.45, 2.75) is 44.8 Å². The lowest BCUT2D eigenvalue weighted by Crippen LogP contribution is -2.20. The standard InChI is InChI=1S/C10H16O/c1-7(2)9-6-8-4-3-5-10(9)11-8/h8-10H,1,3-6H2,2H3. The van der Waals surface area contributed by atoms with E-state index in [0.29, 0.717) is 18.1 Å². The Bertz CT molecular complexity index is 174. The van der Waals surface area contributed by atoms with Gasteiger partial charge in [-0.25, -0.2) is 0 Å². The summed E-state index contributed by atoms with van der Waals surface area (Å²) in [6.45, 7) is 6.15. The third-order valence-electron chi connectivity index (χ3n) is 2.98. The molecular weight excluding hydrogens is 136 g/mol. The molecule has 2 heterocycles. The molecule has 0 aromatic carbocycles. The highest BCUT2D eigenvalue weighted by atomic mass is 16.5. The Morgan fingerprint density at radius 3 is 2.91 bits per heavy atom. The normalized spacial score (nSPS) is 42.5. The van der Waals surface area contributed by atoms with Crippen LogP contribution < -0.4 is 0 Å². The van der Waals surface area contributed by atoms with Crippen LogP contribution in [-0.2, 0) is 4.74 Å². The van der Waals surface area contributed by atoms with Gasteiger partial charge in [0.15, 0.2) is 0 Å². The van der Waals surface area contributed by atoms with Gasteiger partial charge in [0.05, 0.1) is 12.2 Å². The highest BCUT2D eigenvalue weighted by Gasteiger charge is 2.37. The molecule has 3 unspecified atom stereocenters. The second kappa shape index (κ2) is 2.63. The zero-order valence-corrected chi connectivity index (χ0v) is 7.18. The summed E-state index contributed by atoms with van der Waals surface area (Å²) in [6, 6.07) is 0. The molecule has 2 aliphatic heterocycles. The first-order valence-electron chi connectivity index (χ1n) is 4.58. The van der Waals surface area contributed by atoms with Crippen molar-refractivity contribution in [2.24, 2.45) is 5.92 Å². The quantitative estimate of drug-likeness (QED) is 0.525. The van der Waals surface area contributed by atoms with Crippen molar-refractivity contribution in [3.05, 3.63) is 12.2 Å². The molecule has 0 spiro atoms. The summed E-state index contributed by atoms with van der Waals surface area (Å²) < 4.78 is 5.81. The van der Waals surface area contributed by atoms with E-state index < -0.39 is 0 Å². The molecule has 1 heteroatoms. The number of hydrogen-bond donors (Lipinski definition) is 0. The van der Waals surface area contributed by atoms with E-state index in [2.05, 4.69) is 13.5 Å². The molecule has 11 heavy (non-hydrogen) atoms. The van der Waals surface area contributed by atoms with Gasteiger partial charge in [-0.2, -0.15) is 0 Å². The van der Waals surface area contributed by atoms with E-state index in [9.17, 15) is 0 Å². The summed E-state index contributed by atoms with van der Waals surface area (Å²) >= 11 is 0. The first-order chi connectivity index (χ1) is 5.27. The van der Waals surface area contributed by atoms with E-state index in [1.807, 2.05) is 0 Å². The second-order valence-electron chi connectivity index (χ2n) is 3.92. The third-order valence-corrected chi connectivity index (χ3v) is 2.98. The predicted octanol–water partition coefficient (Wildman–Crippen LogP) is 2.52. The largest absolute Gasteiger partial charge is 0.374 e. The van der Waals surface area contributed by atoms with Gasteiger partial charge in [0.2, 0.25) is 0 Å². The lowest BCUT2D eigenvalue weighted by atomic mass is 9.93. The van der Waals surface area contributed by atoms with Gasteiger partial charge >= 0.3 is 0 Å². The molecule has 1 nitrogen and oxygen atoms in total. The first kappa shape index (κ1) is 7.35.